The number of aliphatic carboxylic acids is 1. The molecule has 0 aromatic heterocycles. The van der Waals surface area contributed by atoms with Crippen molar-refractivity contribution in [1.29, 1.82) is 0 Å². The minimum Gasteiger partial charge on any atom is -0.480 e. The monoisotopic (exact) mass is 275 g/mol. The SMILES string of the molecule is CCN(CCCN(C)C)C(=O)NC(C(=O)O)C(C)O. The summed E-state index contributed by atoms with van der Waals surface area (Å²) in [7, 11) is 3.90. The topological polar surface area (TPSA) is 93.1 Å². The molecule has 0 fully saturated rings. The maximum Gasteiger partial charge on any atom is 0.328 e. The fraction of sp³-hybridized carbons (Fsp3) is 0.833. The van der Waals surface area contributed by atoms with E-state index in [9.17, 15) is 14.7 Å². The molecule has 0 rings (SSSR count). The molecular weight excluding hydrogens is 250 g/mol. The Labute approximate surface area is 114 Å². The van der Waals surface area contributed by atoms with E-state index in [4.69, 9.17) is 5.11 Å². The summed E-state index contributed by atoms with van der Waals surface area (Å²) in [5.41, 5.74) is 0. The number of hydrogen-bond donors (Lipinski definition) is 3. The minimum absolute atomic E-state index is 0.463. The van der Waals surface area contributed by atoms with Crippen LogP contribution in [0.2, 0.25) is 0 Å². The fourth-order valence-corrected chi connectivity index (χ4v) is 1.59. The Morgan fingerprint density at radius 3 is 2.21 bits per heavy atom. The number of aliphatic hydroxyl groups is 1. The zero-order chi connectivity index (χ0) is 15.0. The van der Waals surface area contributed by atoms with Gasteiger partial charge in [0.1, 0.15) is 0 Å². The Hall–Kier alpha value is -1.34. The standard InChI is InChI=1S/C12H25N3O4/c1-5-15(8-6-7-14(3)4)12(19)13-10(9(2)16)11(17)18/h9-10,16H,5-8H2,1-4H3,(H,13,19)(H,17,18). The summed E-state index contributed by atoms with van der Waals surface area (Å²) in [6, 6.07) is -1.75. The molecular formula is C12H25N3O4. The molecule has 0 aliphatic rings. The lowest BCUT2D eigenvalue weighted by atomic mass is 10.2. The quantitative estimate of drug-likeness (QED) is 0.570. The summed E-state index contributed by atoms with van der Waals surface area (Å²) in [6.45, 7) is 5.05. The third kappa shape index (κ3) is 6.97. The van der Waals surface area contributed by atoms with Gasteiger partial charge in [0.2, 0.25) is 0 Å². The smallest absolute Gasteiger partial charge is 0.328 e. The number of rotatable bonds is 8. The van der Waals surface area contributed by atoms with E-state index >= 15 is 0 Å². The molecule has 0 spiro atoms. The first-order chi connectivity index (χ1) is 8.79. The van der Waals surface area contributed by atoms with Crippen molar-refractivity contribution in [2.75, 3.05) is 33.7 Å². The first-order valence-electron chi connectivity index (χ1n) is 6.40. The molecule has 0 saturated carbocycles. The van der Waals surface area contributed by atoms with Gasteiger partial charge in [0.25, 0.3) is 0 Å². The second-order valence-corrected chi connectivity index (χ2v) is 4.74. The van der Waals surface area contributed by atoms with Gasteiger partial charge in [-0.2, -0.15) is 0 Å². The lowest BCUT2D eigenvalue weighted by molar-refractivity contribution is -0.141. The Morgan fingerprint density at radius 1 is 1.26 bits per heavy atom. The molecule has 0 heterocycles. The second-order valence-electron chi connectivity index (χ2n) is 4.74. The highest BCUT2D eigenvalue weighted by Crippen LogP contribution is 1.98. The largest absolute Gasteiger partial charge is 0.480 e. The van der Waals surface area contributed by atoms with Gasteiger partial charge in [-0.05, 0) is 40.9 Å². The fourth-order valence-electron chi connectivity index (χ4n) is 1.59. The van der Waals surface area contributed by atoms with Gasteiger partial charge >= 0.3 is 12.0 Å². The summed E-state index contributed by atoms with van der Waals surface area (Å²) in [5.74, 6) is -1.24. The Balaban J connectivity index is 4.37. The molecule has 0 radical (unpaired) electrons. The molecule has 0 saturated heterocycles. The lowest BCUT2D eigenvalue weighted by Crippen LogP contribution is -2.52. The molecule has 112 valence electrons. The highest BCUT2D eigenvalue weighted by atomic mass is 16.4. The highest BCUT2D eigenvalue weighted by molar-refractivity contribution is 5.83. The van der Waals surface area contributed by atoms with Crippen molar-refractivity contribution in [3.8, 4) is 0 Å². The zero-order valence-electron chi connectivity index (χ0n) is 12.1. The van der Waals surface area contributed by atoms with E-state index in [2.05, 4.69) is 5.32 Å². The van der Waals surface area contributed by atoms with Crippen LogP contribution in [0.1, 0.15) is 20.3 Å². The van der Waals surface area contributed by atoms with Gasteiger partial charge in [-0.25, -0.2) is 9.59 Å². The molecule has 0 aliphatic heterocycles. The molecule has 19 heavy (non-hydrogen) atoms. The second kappa shape index (κ2) is 8.71. The molecule has 3 N–H and O–H groups in total. The van der Waals surface area contributed by atoms with Crippen LogP contribution in [0.15, 0.2) is 0 Å². The Bertz CT molecular complexity index is 295. The molecule has 0 bridgehead atoms. The number of nitrogens with one attached hydrogen (secondary N) is 1. The molecule has 7 heteroatoms. The average Bonchev–Trinajstić information content (AvgIpc) is 2.30. The van der Waals surface area contributed by atoms with E-state index in [1.54, 1.807) is 0 Å². The van der Waals surface area contributed by atoms with Gasteiger partial charge < -0.3 is 25.3 Å². The third-order valence-electron chi connectivity index (χ3n) is 2.73. The van der Waals surface area contributed by atoms with Crippen LogP contribution in [0.4, 0.5) is 4.79 Å². The van der Waals surface area contributed by atoms with Gasteiger partial charge in [0.05, 0.1) is 6.10 Å². The van der Waals surface area contributed by atoms with E-state index in [0.717, 1.165) is 13.0 Å². The number of urea groups is 1. The van der Waals surface area contributed by atoms with Crippen LogP contribution in [0.25, 0.3) is 0 Å². The van der Waals surface area contributed by atoms with Crippen LogP contribution in [0, 0.1) is 0 Å². The molecule has 0 aromatic carbocycles. The number of nitrogens with zero attached hydrogens (tertiary/aromatic N) is 2. The molecule has 0 aliphatic carbocycles. The Morgan fingerprint density at radius 2 is 1.84 bits per heavy atom. The summed E-state index contributed by atoms with van der Waals surface area (Å²) in [6.07, 6.45) is -0.331. The van der Waals surface area contributed by atoms with Gasteiger partial charge in [0, 0.05) is 13.1 Å². The van der Waals surface area contributed by atoms with Crippen LogP contribution < -0.4 is 5.32 Å². The summed E-state index contributed by atoms with van der Waals surface area (Å²) in [5, 5.41) is 20.5. The van der Waals surface area contributed by atoms with Gasteiger partial charge in [0.15, 0.2) is 6.04 Å². The van der Waals surface area contributed by atoms with Crippen LogP contribution in [-0.2, 0) is 4.79 Å². The van der Waals surface area contributed by atoms with Crippen LogP contribution >= 0.6 is 0 Å². The van der Waals surface area contributed by atoms with Crippen molar-refractivity contribution in [3.63, 3.8) is 0 Å². The minimum atomic E-state index is -1.28. The predicted molar refractivity (Wildman–Crippen MR) is 72.1 cm³/mol. The maximum absolute atomic E-state index is 11.9. The van der Waals surface area contributed by atoms with Crippen LogP contribution in [0.5, 0.6) is 0 Å². The van der Waals surface area contributed by atoms with Crippen molar-refractivity contribution >= 4 is 12.0 Å². The summed E-state index contributed by atoms with van der Waals surface area (Å²) >= 11 is 0. The highest BCUT2D eigenvalue weighted by Gasteiger charge is 2.26. The normalized spacial score (nSPS) is 14.0. The Kier molecular flexibility index (Phi) is 8.09. The van der Waals surface area contributed by atoms with Crippen molar-refractivity contribution in [3.05, 3.63) is 0 Å². The number of carboxylic acid groups (broad SMARTS) is 1. The first kappa shape index (κ1) is 17.7. The average molecular weight is 275 g/mol. The van der Waals surface area contributed by atoms with E-state index in [1.165, 1.54) is 11.8 Å². The van der Waals surface area contributed by atoms with E-state index in [0.29, 0.717) is 13.1 Å². The van der Waals surface area contributed by atoms with Gasteiger partial charge in [-0.3, -0.25) is 0 Å². The van der Waals surface area contributed by atoms with Crippen molar-refractivity contribution in [1.82, 2.24) is 15.1 Å². The zero-order valence-corrected chi connectivity index (χ0v) is 12.1. The van der Waals surface area contributed by atoms with Crippen molar-refractivity contribution in [2.24, 2.45) is 0 Å². The van der Waals surface area contributed by atoms with Gasteiger partial charge in [-0.1, -0.05) is 0 Å². The summed E-state index contributed by atoms with van der Waals surface area (Å²) < 4.78 is 0. The number of carbonyl (C=O) groups is 2. The van der Waals surface area contributed by atoms with E-state index in [1.807, 2.05) is 25.9 Å². The molecule has 0 aromatic rings. The molecule has 2 unspecified atom stereocenters. The number of carboxylic acids is 1. The van der Waals surface area contributed by atoms with E-state index in [-0.39, 0.29) is 0 Å². The molecule has 2 atom stereocenters. The first-order valence-corrected chi connectivity index (χ1v) is 6.40. The number of hydrogen-bond acceptors (Lipinski definition) is 4. The third-order valence-corrected chi connectivity index (χ3v) is 2.73. The number of aliphatic hydroxyl groups excluding tert-OH is 1. The lowest BCUT2D eigenvalue weighted by Gasteiger charge is -2.25. The predicted octanol–water partition coefficient (Wildman–Crippen LogP) is -0.196. The van der Waals surface area contributed by atoms with Crippen molar-refractivity contribution in [2.45, 2.75) is 32.4 Å². The number of amides is 2. The molecule has 2 amide bonds. The molecule has 7 nitrogen and oxygen atoms in total. The van der Waals surface area contributed by atoms with Crippen molar-refractivity contribution < 1.29 is 19.8 Å². The van der Waals surface area contributed by atoms with E-state index < -0.39 is 24.1 Å². The van der Waals surface area contributed by atoms with Crippen LogP contribution in [0.3, 0.4) is 0 Å². The maximum atomic E-state index is 11.9. The van der Waals surface area contributed by atoms with Crippen LogP contribution in [-0.4, -0.2) is 77.9 Å². The number of carbonyl (C=O) groups excluding carboxylic acids is 1. The summed E-state index contributed by atoms with van der Waals surface area (Å²) in [4.78, 5) is 26.3. The van der Waals surface area contributed by atoms with Gasteiger partial charge in [-0.15, -0.1) is 0 Å².